The molecule has 4 unspecified atom stereocenters. The van der Waals surface area contributed by atoms with Crippen molar-refractivity contribution in [3.63, 3.8) is 0 Å². The van der Waals surface area contributed by atoms with Crippen molar-refractivity contribution in [2.45, 2.75) is 154 Å². The van der Waals surface area contributed by atoms with Crippen LogP contribution in [0.4, 0.5) is 4.79 Å². The number of rotatable bonds is 37. The Labute approximate surface area is 477 Å². The molecule has 0 saturated carbocycles. The molecule has 3 heterocycles. The van der Waals surface area contributed by atoms with Crippen molar-refractivity contribution in [2.75, 3.05) is 98.2 Å². The molecule has 80 heavy (non-hydrogen) atoms. The number of Topliss-reactive ketones (excluding diaryl/α,β-unsaturated/α-hetero) is 2. The molecule has 3 rings (SSSR count). The summed E-state index contributed by atoms with van der Waals surface area (Å²) in [5.74, 6) is -7.08. The number of fused-ring (bicyclic) bond motifs is 7. The molecule has 0 spiro atoms. The molecule has 3 saturated heterocycles. The minimum absolute atomic E-state index is 0.0165. The molecule has 0 aromatic rings. The largest absolute Gasteiger partial charge is 0.481 e. The molecule has 3 aliphatic heterocycles. The van der Waals surface area contributed by atoms with Crippen molar-refractivity contribution in [3.8, 4) is 0 Å². The minimum Gasteiger partial charge on any atom is -0.481 e. The van der Waals surface area contributed by atoms with Crippen molar-refractivity contribution >= 4 is 93.9 Å². The number of unbranched alkanes of at least 4 members (excludes halogenated alkanes) is 8. The van der Waals surface area contributed by atoms with Gasteiger partial charge in [-0.2, -0.15) is 0 Å². The van der Waals surface area contributed by atoms with E-state index in [0.717, 1.165) is 6.42 Å². The predicted octanol–water partition coefficient (Wildman–Crippen LogP) is 0.455. The van der Waals surface area contributed by atoms with Crippen molar-refractivity contribution in [1.82, 2.24) is 46.2 Å². The summed E-state index contributed by atoms with van der Waals surface area (Å²) in [5.41, 5.74) is 0. The molecule has 3 aliphatic rings. The second kappa shape index (κ2) is 39.9. The normalized spacial score (nSPS) is 19.1. The Morgan fingerprint density at radius 2 is 0.988 bits per heavy atom. The van der Waals surface area contributed by atoms with Crippen LogP contribution in [0.15, 0.2) is 0 Å². The minimum atomic E-state index is -4.25. The standard InChI is InChI=1S/C52H89N9O18.In/c1-2-43(64)56-40(17-11-14-23-54-45(66)34-58-25-27-59(35-47(69)70)29-31-61(37-49(73)74)32-30-60(28-26-58)36-48(71)72)42(63)18-9-5-7-15-38(50(75)76)33-39(62)16-8-3-4-10-19-44(65)53-22-12-6-13-24-55-52(79)57-41(51(77)78)20-21-46(67)68;/h38,40-41H,2-37H2,1H3,(H,53,65)(H,54,66)(H,56,64)(H,67,68)(H,69,70)(H,71,72)(H,73,74)(H,75,76)(H,77,78)(H2,55,57,79);/q;+3/p-3/t38?,40?,41-;/m0./s1/i;1-4. The Kier molecular flexibility index (Phi) is 34.3. The Balaban J connectivity index is 1.28. The van der Waals surface area contributed by atoms with Crippen LogP contribution in [-0.2, 0) is 61.3 Å². The van der Waals surface area contributed by atoms with Gasteiger partial charge in [0.05, 0.1) is 12.0 Å². The molecular formula is C52H86InN9O18. The fourth-order valence-electron chi connectivity index (χ4n) is 9.21. The van der Waals surface area contributed by atoms with Crippen molar-refractivity contribution in [3.05, 3.63) is 0 Å². The number of nitrogens with one attached hydrogen (secondary N) is 5. The second-order valence-corrected chi connectivity index (χ2v) is 24.2. The monoisotopic (exact) mass is 1240 g/mol. The van der Waals surface area contributed by atoms with E-state index in [4.69, 9.17) is 18.8 Å². The third-order valence-electron chi connectivity index (χ3n) is 13.9. The summed E-state index contributed by atoms with van der Waals surface area (Å²) in [6, 6.07) is -2.72. The number of ketones is 2. The van der Waals surface area contributed by atoms with E-state index in [-0.39, 0.29) is 101 Å². The number of nitrogens with zero attached hydrogens (tertiary/aromatic N) is 4. The van der Waals surface area contributed by atoms with E-state index in [9.17, 15) is 62.6 Å². The summed E-state index contributed by atoms with van der Waals surface area (Å²) < 4.78 is 16.2. The molecule has 5 amide bonds. The Bertz CT molecular complexity index is 2020. The maximum atomic E-state index is 13.3. The Hall–Kier alpha value is -5.45. The van der Waals surface area contributed by atoms with Gasteiger partial charge in [0.1, 0.15) is 11.8 Å². The molecule has 5 atom stereocenters. The Morgan fingerprint density at radius 3 is 1.54 bits per heavy atom. The zero-order valence-corrected chi connectivity index (χ0v) is 49.8. The number of aliphatic carboxylic acids is 3. The van der Waals surface area contributed by atoms with Gasteiger partial charge in [0, 0.05) is 51.6 Å². The number of carboxylic acid groups (broad SMARTS) is 3. The topological polar surface area (TPSA) is 366 Å². The fourth-order valence-corrected chi connectivity index (χ4v) is 12.1. The zero-order valence-electron chi connectivity index (χ0n) is 46.5. The smallest absolute Gasteiger partial charge is 0.326 e. The number of carbonyl (C=O) groups excluding carboxylic acids is 9. The summed E-state index contributed by atoms with van der Waals surface area (Å²) in [5, 5.41) is 41.1. The van der Waals surface area contributed by atoms with E-state index in [2.05, 4.69) is 26.6 Å². The average Bonchev–Trinajstić information content (AvgIpc) is 3.43. The molecule has 0 radical (unpaired) electrons. The van der Waals surface area contributed by atoms with Gasteiger partial charge in [0.15, 0.2) is 5.78 Å². The molecule has 8 N–H and O–H groups in total. The van der Waals surface area contributed by atoms with E-state index in [1.165, 1.54) is 0 Å². The van der Waals surface area contributed by atoms with E-state index >= 15 is 0 Å². The third-order valence-corrected chi connectivity index (χ3v) is 17.8. The first-order valence-electron chi connectivity index (χ1n) is 28.4. The second-order valence-electron chi connectivity index (χ2n) is 20.6. The number of hydrogen-bond acceptors (Lipinski definition) is 19. The van der Waals surface area contributed by atoms with Gasteiger partial charge in [-0.15, -0.1) is 0 Å². The maximum Gasteiger partial charge on any atom is 0.326 e. The van der Waals surface area contributed by atoms with Crippen LogP contribution in [-0.4, -0.2) is 239 Å². The SMILES string of the molecule is CCC(=O)NC(CCCCNC(=O)CN1CCN2CCN3CCN(CC1)CC(=O)[O][111In]([O]C(=O)C2)[O]C(=O)C3)C(=O)CCCCCC(CC(=O)CCCCCCC(=O)NCCCCCNC(=O)N[C@@H](CCC(=O)O)C(=O)O)C(=O)O. The maximum absolute atomic E-state index is 13.3. The summed E-state index contributed by atoms with van der Waals surface area (Å²) in [7, 11) is 0. The third kappa shape index (κ3) is 31.5. The van der Waals surface area contributed by atoms with E-state index in [0.29, 0.717) is 149 Å². The quantitative estimate of drug-likeness (QED) is 0.0392. The molecule has 3 fully saturated rings. The average molecular weight is 1240 g/mol. The van der Waals surface area contributed by atoms with Gasteiger partial charge >= 0.3 is 215 Å². The molecular weight excluding hydrogens is 1150 g/mol. The number of urea groups is 1. The number of carboxylic acids is 3. The molecule has 450 valence electrons. The van der Waals surface area contributed by atoms with Crippen molar-refractivity contribution in [2.24, 2.45) is 5.92 Å². The van der Waals surface area contributed by atoms with Crippen LogP contribution in [0, 0.1) is 5.92 Å². The molecule has 0 aromatic carbocycles. The van der Waals surface area contributed by atoms with Gasteiger partial charge in [-0.05, 0) is 64.2 Å². The van der Waals surface area contributed by atoms with Crippen molar-refractivity contribution in [1.29, 1.82) is 0 Å². The first kappa shape index (κ1) is 68.8. The fraction of sp³-hybridized carbons (Fsp3) is 0.769. The van der Waals surface area contributed by atoms with Crippen molar-refractivity contribution < 1.29 is 81.4 Å². The summed E-state index contributed by atoms with van der Waals surface area (Å²) in [6.45, 7) is 6.27. The van der Waals surface area contributed by atoms with Gasteiger partial charge in [-0.1, -0.05) is 32.6 Å². The Morgan fingerprint density at radius 1 is 0.500 bits per heavy atom. The van der Waals surface area contributed by atoms with E-state index in [1.54, 1.807) is 6.92 Å². The van der Waals surface area contributed by atoms with Crippen LogP contribution in [0.25, 0.3) is 0 Å². The summed E-state index contributed by atoms with van der Waals surface area (Å²) in [6.07, 6.45) is 8.18. The summed E-state index contributed by atoms with van der Waals surface area (Å²) in [4.78, 5) is 156. The zero-order chi connectivity index (χ0) is 58.7. The van der Waals surface area contributed by atoms with Crippen LogP contribution in [0.1, 0.15) is 142 Å². The van der Waals surface area contributed by atoms with Gasteiger partial charge in [0.2, 0.25) is 11.8 Å². The molecule has 4 bridgehead atoms. The number of hydrogen-bond donors (Lipinski definition) is 8. The molecule has 27 nitrogen and oxygen atoms in total. The van der Waals surface area contributed by atoms with Crippen LogP contribution in [0.3, 0.4) is 0 Å². The first-order chi connectivity index (χ1) is 38.3. The first-order valence-corrected chi connectivity index (χ1v) is 32.4. The van der Waals surface area contributed by atoms with Crippen LogP contribution >= 0.6 is 0 Å². The van der Waals surface area contributed by atoms with Crippen LogP contribution in [0.5, 0.6) is 0 Å². The molecule has 0 aromatic heterocycles. The predicted molar refractivity (Wildman–Crippen MR) is 287 cm³/mol. The number of carbonyl (C=O) groups is 12. The molecule has 0 aliphatic carbocycles. The van der Waals surface area contributed by atoms with E-state index in [1.807, 2.05) is 19.6 Å². The van der Waals surface area contributed by atoms with Crippen LogP contribution < -0.4 is 26.6 Å². The van der Waals surface area contributed by atoms with Gasteiger partial charge in [-0.25, -0.2) is 9.59 Å². The number of amides is 5. The summed E-state index contributed by atoms with van der Waals surface area (Å²) >= 11 is -4.25. The molecule has 28 heteroatoms. The van der Waals surface area contributed by atoms with Gasteiger partial charge in [0.25, 0.3) is 0 Å². The van der Waals surface area contributed by atoms with Gasteiger partial charge in [-0.3, -0.25) is 28.8 Å². The van der Waals surface area contributed by atoms with Gasteiger partial charge < -0.3 is 36.6 Å². The van der Waals surface area contributed by atoms with E-state index < -0.39 is 89.0 Å². The van der Waals surface area contributed by atoms with Crippen LogP contribution in [0.2, 0.25) is 0 Å².